The molecule has 2 aromatic rings. The number of aldehydes is 1. The lowest BCUT2D eigenvalue weighted by Gasteiger charge is -2.13. The van der Waals surface area contributed by atoms with Crippen molar-refractivity contribution in [2.24, 2.45) is 0 Å². The topological polar surface area (TPSA) is 55.8 Å². The second kappa shape index (κ2) is 6.98. The molecule has 0 aliphatic rings. The normalized spacial score (nSPS) is 10.3. The van der Waals surface area contributed by atoms with Crippen molar-refractivity contribution >= 4 is 6.29 Å². The highest BCUT2D eigenvalue weighted by Gasteiger charge is 2.07. The van der Waals surface area contributed by atoms with Crippen LogP contribution in [0.2, 0.25) is 0 Å². The van der Waals surface area contributed by atoms with Gasteiger partial charge in [0.1, 0.15) is 30.5 Å². The Labute approximate surface area is 130 Å². The third kappa shape index (κ3) is 3.79. The van der Waals surface area contributed by atoms with Gasteiger partial charge in [-0.3, -0.25) is 4.79 Å². The molecule has 0 aromatic heterocycles. The lowest BCUT2D eigenvalue weighted by atomic mass is 10.1. The zero-order valence-electron chi connectivity index (χ0n) is 13.1. The number of phenolic OH excluding ortho intramolecular Hbond substituents is 1. The van der Waals surface area contributed by atoms with E-state index in [0.29, 0.717) is 25.2 Å². The maximum Gasteiger partial charge on any atom is 0.153 e. The molecule has 0 spiro atoms. The van der Waals surface area contributed by atoms with Crippen LogP contribution >= 0.6 is 0 Å². The highest BCUT2D eigenvalue weighted by molar-refractivity contribution is 5.80. The van der Waals surface area contributed by atoms with E-state index < -0.39 is 0 Å². The number of aromatic hydroxyl groups is 1. The molecule has 4 heteroatoms. The molecule has 0 unspecified atom stereocenters. The number of hydrogen-bond acceptors (Lipinski definition) is 4. The predicted molar refractivity (Wildman–Crippen MR) is 85.1 cm³/mol. The van der Waals surface area contributed by atoms with Gasteiger partial charge in [0, 0.05) is 0 Å². The largest absolute Gasteiger partial charge is 0.507 e. The maximum absolute atomic E-state index is 10.8. The van der Waals surface area contributed by atoms with Gasteiger partial charge in [0.15, 0.2) is 6.29 Å². The van der Waals surface area contributed by atoms with E-state index in [1.165, 1.54) is 12.1 Å². The molecule has 4 nitrogen and oxygen atoms in total. The van der Waals surface area contributed by atoms with Crippen molar-refractivity contribution in [3.05, 3.63) is 52.6 Å². The number of hydrogen-bond donors (Lipinski definition) is 1. The maximum atomic E-state index is 10.8. The van der Waals surface area contributed by atoms with Crippen LogP contribution in [-0.4, -0.2) is 24.6 Å². The van der Waals surface area contributed by atoms with Gasteiger partial charge in [-0.1, -0.05) is 12.1 Å². The highest BCUT2D eigenvalue weighted by Crippen LogP contribution is 2.26. The fourth-order valence-corrected chi connectivity index (χ4v) is 2.10. The Bertz CT molecular complexity index is 677. The van der Waals surface area contributed by atoms with Gasteiger partial charge in [-0.25, -0.2) is 0 Å². The van der Waals surface area contributed by atoms with Gasteiger partial charge in [-0.15, -0.1) is 0 Å². The molecule has 116 valence electrons. The van der Waals surface area contributed by atoms with E-state index >= 15 is 0 Å². The SMILES string of the molecule is Cc1ccc(C)c(OCCOc2cc(C=O)c(O)cc2C)c1. The van der Waals surface area contributed by atoms with Gasteiger partial charge in [0.25, 0.3) is 0 Å². The van der Waals surface area contributed by atoms with Crippen molar-refractivity contribution < 1.29 is 19.4 Å². The summed E-state index contributed by atoms with van der Waals surface area (Å²) in [6, 6.07) is 9.11. The predicted octanol–water partition coefficient (Wildman–Crippen LogP) is 3.59. The van der Waals surface area contributed by atoms with Crippen LogP contribution in [-0.2, 0) is 0 Å². The van der Waals surface area contributed by atoms with E-state index in [9.17, 15) is 9.90 Å². The van der Waals surface area contributed by atoms with Crippen molar-refractivity contribution in [1.29, 1.82) is 0 Å². The number of aryl methyl sites for hydroxylation is 3. The molecule has 0 fully saturated rings. The number of phenols is 1. The summed E-state index contributed by atoms with van der Waals surface area (Å²) >= 11 is 0. The Morgan fingerprint density at radius 1 is 0.955 bits per heavy atom. The summed E-state index contributed by atoms with van der Waals surface area (Å²) in [5.74, 6) is 1.38. The third-order valence-electron chi connectivity index (χ3n) is 3.39. The molecule has 0 saturated carbocycles. The molecule has 0 amide bonds. The number of carbonyl (C=O) groups is 1. The molecular formula is C18H20O4. The van der Waals surface area contributed by atoms with Crippen LogP contribution in [0.4, 0.5) is 0 Å². The minimum absolute atomic E-state index is 0.0357. The fraction of sp³-hybridized carbons (Fsp3) is 0.278. The molecule has 0 aliphatic heterocycles. The third-order valence-corrected chi connectivity index (χ3v) is 3.39. The molecule has 0 saturated heterocycles. The first-order valence-corrected chi connectivity index (χ1v) is 7.13. The number of ether oxygens (including phenoxy) is 2. The first-order valence-electron chi connectivity index (χ1n) is 7.13. The lowest BCUT2D eigenvalue weighted by molar-refractivity contribution is 0.112. The Hall–Kier alpha value is -2.49. The van der Waals surface area contributed by atoms with E-state index in [1.54, 1.807) is 0 Å². The van der Waals surface area contributed by atoms with Crippen molar-refractivity contribution in [3.63, 3.8) is 0 Å². The van der Waals surface area contributed by atoms with Crippen LogP contribution < -0.4 is 9.47 Å². The molecule has 1 N–H and O–H groups in total. The fourth-order valence-electron chi connectivity index (χ4n) is 2.10. The molecule has 0 radical (unpaired) electrons. The van der Waals surface area contributed by atoms with Crippen molar-refractivity contribution in [2.75, 3.05) is 13.2 Å². The van der Waals surface area contributed by atoms with Gasteiger partial charge in [-0.2, -0.15) is 0 Å². The van der Waals surface area contributed by atoms with Crippen LogP contribution in [0.3, 0.4) is 0 Å². The molecule has 2 aromatic carbocycles. The lowest BCUT2D eigenvalue weighted by Crippen LogP contribution is -2.10. The Balaban J connectivity index is 1.94. The van der Waals surface area contributed by atoms with Crippen molar-refractivity contribution in [1.82, 2.24) is 0 Å². The minimum atomic E-state index is -0.0357. The molecule has 0 heterocycles. The Kier molecular flexibility index (Phi) is 5.04. The summed E-state index contributed by atoms with van der Waals surface area (Å²) < 4.78 is 11.3. The molecule has 2 rings (SSSR count). The summed E-state index contributed by atoms with van der Waals surface area (Å²) in [7, 11) is 0. The molecule has 0 atom stereocenters. The standard InChI is InChI=1S/C18H20O4/c1-12-4-5-13(2)17(8-12)21-6-7-22-18-10-15(11-19)16(20)9-14(18)3/h4-5,8-11,20H,6-7H2,1-3H3. The van der Waals surface area contributed by atoms with E-state index in [-0.39, 0.29) is 11.3 Å². The Morgan fingerprint density at radius 3 is 2.23 bits per heavy atom. The zero-order valence-corrected chi connectivity index (χ0v) is 13.1. The number of carbonyl (C=O) groups excluding carboxylic acids is 1. The quantitative estimate of drug-likeness (QED) is 0.654. The van der Waals surface area contributed by atoms with Gasteiger partial charge < -0.3 is 14.6 Å². The van der Waals surface area contributed by atoms with Crippen LogP contribution in [0, 0.1) is 20.8 Å². The van der Waals surface area contributed by atoms with E-state index in [0.717, 1.165) is 22.4 Å². The molecule has 0 aliphatic carbocycles. The summed E-state index contributed by atoms with van der Waals surface area (Å²) in [6.07, 6.45) is 0.605. The minimum Gasteiger partial charge on any atom is -0.507 e. The average molecular weight is 300 g/mol. The summed E-state index contributed by atoms with van der Waals surface area (Å²) in [4.78, 5) is 10.8. The smallest absolute Gasteiger partial charge is 0.153 e. The van der Waals surface area contributed by atoms with Gasteiger partial charge in [-0.05, 0) is 55.7 Å². The summed E-state index contributed by atoms with van der Waals surface area (Å²) in [5.41, 5.74) is 3.21. The zero-order chi connectivity index (χ0) is 16.1. The monoisotopic (exact) mass is 300 g/mol. The van der Waals surface area contributed by atoms with Crippen LogP contribution in [0.1, 0.15) is 27.0 Å². The first kappa shape index (κ1) is 15.9. The van der Waals surface area contributed by atoms with Gasteiger partial charge in [0.2, 0.25) is 0 Å². The van der Waals surface area contributed by atoms with Crippen molar-refractivity contribution in [3.8, 4) is 17.2 Å². The average Bonchev–Trinajstić information content (AvgIpc) is 2.48. The molecule has 0 bridgehead atoms. The van der Waals surface area contributed by atoms with Crippen LogP contribution in [0.5, 0.6) is 17.2 Å². The van der Waals surface area contributed by atoms with E-state index in [2.05, 4.69) is 0 Å². The van der Waals surface area contributed by atoms with Crippen LogP contribution in [0.25, 0.3) is 0 Å². The number of benzene rings is 2. The first-order chi connectivity index (χ1) is 10.5. The van der Waals surface area contributed by atoms with Crippen molar-refractivity contribution in [2.45, 2.75) is 20.8 Å². The number of rotatable bonds is 6. The second-order valence-electron chi connectivity index (χ2n) is 5.26. The molecule has 22 heavy (non-hydrogen) atoms. The summed E-state index contributed by atoms with van der Waals surface area (Å²) in [6.45, 7) is 6.59. The molecular weight excluding hydrogens is 280 g/mol. The van der Waals surface area contributed by atoms with E-state index in [4.69, 9.17) is 9.47 Å². The highest BCUT2D eigenvalue weighted by atomic mass is 16.5. The van der Waals surface area contributed by atoms with Crippen LogP contribution in [0.15, 0.2) is 30.3 Å². The van der Waals surface area contributed by atoms with Gasteiger partial charge >= 0.3 is 0 Å². The van der Waals surface area contributed by atoms with E-state index in [1.807, 2.05) is 39.0 Å². The summed E-state index contributed by atoms with van der Waals surface area (Å²) in [5, 5.41) is 9.58. The van der Waals surface area contributed by atoms with Gasteiger partial charge in [0.05, 0.1) is 5.56 Å². The second-order valence-corrected chi connectivity index (χ2v) is 5.26. The Morgan fingerprint density at radius 2 is 1.59 bits per heavy atom.